The molecule has 5 heteroatoms. The van der Waals surface area contributed by atoms with E-state index in [1.54, 1.807) is 0 Å². The fourth-order valence-electron chi connectivity index (χ4n) is 1.56. The van der Waals surface area contributed by atoms with Gasteiger partial charge in [-0.1, -0.05) is 28.8 Å². The molecule has 1 N–H and O–H groups in total. The maximum atomic E-state index is 11.4. The summed E-state index contributed by atoms with van der Waals surface area (Å²) >= 11 is 3.37. The molecule has 0 radical (unpaired) electrons. The fraction of sp³-hybridized carbons (Fsp3) is 0.800. The summed E-state index contributed by atoms with van der Waals surface area (Å²) in [6, 6.07) is -0.230. The second-order valence-corrected chi connectivity index (χ2v) is 4.42. The first kappa shape index (κ1) is 12.5. The zero-order valence-electron chi connectivity index (χ0n) is 8.80. The third kappa shape index (κ3) is 4.20. The summed E-state index contributed by atoms with van der Waals surface area (Å²) in [7, 11) is 0. The maximum absolute atomic E-state index is 11.4. The van der Waals surface area contributed by atoms with Crippen LogP contribution in [0.1, 0.15) is 32.1 Å². The molecule has 4 nitrogen and oxygen atoms in total. The number of nitrogens with one attached hydrogen (secondary N) is 1. The third-order valence-corrected chi connectivity index (χ3v) is 2.99. The number of halogens is 1. The molecule has 15 heavy (non-hydrogen) atoms. The highest BCUT2D eigenvalue weighted by Gasteiger charge is 2.24. The van der Waals surface area contributed by atoms with Crippen LogP contribution in [0.25, 0.3) is 0 Å². The summed E-state index contributed by atoms with van der Waals surface area (Å²) in [5.41, 5.74) is 0. The van der Waals surface area contributed by atoms with Gasteiger partial charge in [0, 0.05) is 24.8 Å². The Morgan fingerprint density at radius 2 is 1.93 bits per heavy atom. The molecule has 0 spiro atoms. The number of amides is 3. The van der Waals surface area contributed by atoms with Gasteiger partial charge in [-0.2, -0.15) is 0 Å². The van der Waals surface area contributed by atoms with E-state index in [1.807, 2.05) is 0 Å². The second-order valence-electron chi connectivity index (χ2n) is 3.63. The van der Waals surface area contributed by atoms with E-state index in [4.69, 9.17) is 0 Å². The molecule has 0 aliphatic carbocycles. The van der Waals surface area contributed by atoms with Gasteiger partial charge in [0.15, 0.2) is 0 Å². The predicted octanol–water partition coefficient (Wildman–Crippen LogP) is 1.88. The van der Waals surface area contributed by atoms with E-state index < -0.39 is 0 Å². The van der Waals surface area contributed by atoms with E-state index in [0.29, 0.717) is 19.5 Å². The normalized spacial score (nSPS) is 16.7. The van der Waals surface area contributed by atoms with Crippen LogP contribution in [-0.4, -0.2) is 35.3 Å². The minimum atomic E-state index is -0.230. The van der Waals surface area contributed by atoms with Crippen LogP contribution in [0.2, 0.25) is 0 Å². The van der Waals surface area contributed by atoms with Gasteiger partial charge >= 0.3 is 6.03 Å². The molecule has 1 rings (SSSR count). The van der Waals surface area contributed by atoms with Crippen LogP contribution in [0.3, 0.4) is 0 Å². The second kappa shape index (κ2) is 6.82. The monoisotopic (exact) mass is 276 g/mol. The molecular formula is C10H17BrN2O2. The molecule has 1 saturated heterocycles. The first-order valence-corrected chi connectivity index (χ1v) is 6.52. The lowest BCUT2D eigenvalue weighted by Crippen LogP contribution is -2.50. The van der Waals surface area contributed by atoms with Crippen LogP contribution in [0, 0.1) is 0 Å². The van der Waals surface area contributed by atoms with E-state index in [9.17, 15) is 9.59 Å². The molecule has 0 aromatic heterocycles. The molecule has 0 unspecified atom stereocenters. The zero-order chi connectivity index (χ0) is 11.1. The molecule has 0 aromatic rings. The zero-order valence-corrected chi connectivity index (χ0v) is 10.4. The number of unbranched alkanes of at least 4 members (excludes halogenated alkanes) is 3. The van der Waals surface area contributed by atoms with Crippen molar-refractivity contribution in [3.8, 4) is 0 Å². The van der Waals surface area contributed by atoms with Crippen molar-refractivity contribution in [2.75, 3.05) is 18.4 Å². The number of rotatable bonds is 6. The number of imide groups is 1. The Morgan fingerprint density at radius 1 is 1.20 bits per heavy atom. The summed E-state index contributed by atoms with van der Waals surface area (Å²) in [5, 5.41) is 3.70. The number of carbonyl (C=O) groups is 2. The highest BCUT2D eigenvalue weighted by atomic mass is 79.9. The van der Waals surface area contributed by atoms with Crippen LogP contribution in [0.5, 0.6) is 0 Å². The van der Waals surface area contributed by atoms with Gasteiger partial charge in [-0.15, -0.1) is 0 Å². The van der Waals surface area contributed by atoms with Crippen LogP contribution in [0.15, 0.2) is 0 Å². The molecule has 0 atom stereocenters. The van der Waals surface area contributed by atoms with E-state index in [0.717, 1.165) is 31.0 Å². The minimum absolute atomic E-state index is 0.0424. The van der Waals surface area contributed by atoms with Gasteiger partial charge in [0.1, 0.15) is 0 Å². The number of hydrogen-bond acceptors (Lipinski definition) is 2. The van der Waals surface area contributed by atoms with E-state index in [2.05, 4.69) is 21.2 Å². The molecule has 3 amide bonds. The summed E-state index contributed by atoms with van der Waals surface area (Å²) < 4.78 is 0. The van der Waals surface area contributed by atoms with Crippen molar-refractivity contribution in [3.05, 3.63) is 0 Å². The quantitative estimate of drug-likeness (QED) is 0.595. The Hall–Kier alpha value is -0.580. The third-order valence-electron chi connectivity index (χ3n) is 2.43. The van der Waals surface area contributed by atoms with Gasteiger partial charge in [-0.25, -0.2) is 4.79 Å². The summed E-state index contributed by atoms with van der Waals surface area (Å²) in [4.78, 5) is 24.0. The van der Waals surface area contributed by atoms with Gasteiger partial charge in [-0.05, 0) is 12.8 Å². The predicted molar refractivity (Wildman–Crippen MR) is 62.0 cm³/mol. The molecule has 0 aromatic carbocycles. The average Bonchev–Trinajstić information content (AvgIpc) is 2.21. The van der Waals surface area contributed by atoms with Crippen LogP contribution in [-0.2, 0) is 4.79 Å². The Labute approximate surface area is 98.5 Å². The van der Waals surface area contributed by atoms with Crippen molar-refractivity contribution in [2.24, 2.45) is 0 Å². The smallest absolute Gasteiger partial charge is 0.324 e. The standard InChI is InChI=1S/C10H17BrN2O2/c11-6-3-1-2-4-8-13-9(14)5-7-12-10(13)15/h1-8H2,(H,12,15). The van der Waals surface area contributed by atoms with Crippen molar-refractivity contribution in [1.82, 2.24) is 10.2 Å². The lowest BCUT2D eigenvalue weighted by atomic mass is 10.2. The Morgan fingerprint density at radius 3 is 2.60 bits per heavy atom. The Kier molecular flexibility index (Phi) is 5.68. The highest BCUT2D eigenvalue weighted by molar-refractivity contribution is 9.09. The van der Waals surface area contributed by atoms with Gasteiger partial charge < -0.3 is 5.32 Å². The van der Waals surface area contributed by atoms with Crippen molar-refractivity contribution in [1.29, 1.82) is 0 Å². The summed E-state index contributed by atoms with van der Waals surface area (Å²) in [6.45, 7) is 1.05. The van der Waals surface area contributed by atoms with Gasteiger partial charge in [0.25, 0.3) is 0 Å². The lowest BCUT2D eigenvalue weighted by molar-refractivity contribution is -0.129. The van der Waals surface area contributed by atoms with Crippen LogP contribution >= 0.6 is 15.9 Å². The largest absolute Gasteiger partial charge is 0.337 e. The molecule has 1 aliphatic rings. The number of alkyl halides is 1. The minimum Gasteiger partial charge on any atom is -0.337 e. The highest BCUT2D eigenvalue weighted by Crippen LogP contribution is 2.07. The summed E-state index contributed by atoms with van der Waals surface area (Å²) in [5.74, 6) is -0.0424. The number of carbonyl (C=O) groups excluding carboxylic acids is 2. The van der Waals surface area contributed by atoms with E-state index >= 15 is 0 Å². The van der Waals surface area contributed by atoms with Crippen LogP contribution in [0.4, 0.5) is 4.79 Å². The van der Waals surface area contributed by atoms with E-state index in [1.165, 1.54) is 4.90 Å². The Balaban J connectivity index is 2.18. The Bertz CT molecular complexity index is 217. The van der Waals surface area contributed by atoms with Gasteiger partial charge in [0.2, 0.25) is 5.91 Å². The fourth-order valence-corrected chi connectivity index (χ4v) is 1.96. The van der Waals surface area contributed by atoms with Crippen LogP contribution < -0.4 is 5.32 Å². The number of hydrogen-bond donors (Lipinski definition) is 1. The first-order chi connectivity index (χ1) is 7.25. The molecule has 86 valence electrons. The SMILES string of the molecule is O=C1CCNC(=O)N1CCCCCCBr. The molecule has 1 aliphatic heterocycles. The average molecular weight is 277 g/mol. The lowest BCUT2D eigenvalue weighted by Gasteiger charge is -2.25. The summed E-state index contributed by atoms with van der Waals surface area (Å²) in [6.07, 6.45) is 4.72. The van der Waals surface area contributed by atoms with Gasteiger partial charge in [-0.3, -0.25) is 9.69 Å². The molecule has 1 fully saturated rings. The van der Waals surface area contributed by atoms with E-state index in [-0.39, 0.29) is 11.9 Å². The molecule has 0 saturated carbocycles. The van der Waals surface area contributed by atoms with Crippen molar-refractivity contribution in [3.63, 3.8) is 0 Å². The van der Waals surface area contributed by atoms with Crippen molar-refractivity contribution < 1.29 is 9.59 Å². The number of urea groups is 1. The van der Waals surface area contributed by atoms with Crippen molar-refractivity contribution in [2.45, 2.75) is 32.1 Å². The molecule has 1 heterocycles. The topological polar surface area (TPSA) is 49.4 Å². The first-order valence-electron chi connectivity index (χ1n) is 5.40. The molecule has 0 bridgehead atoms. The molecular weight excluding hydrogens is 260 g/mol. The van der Waals surface area contributed by atoms with Crippen molar-refractivity contribution >= 4 is 27.9 Å². The van der Waals surface area contributed by atoms with Gasteiger partial charge in [0.05, 0.1) is 0 Å². The number of nitrogens with zero attached hydrogens (tertiary/aromatic N) is 1. The maximum Gasteiger partial charge on any atom is 0.324 e.